The molecule has 0 aromatic carbocycles. The number of sulfonamides is 1. The highest BCUT2D eigenvalue weighted by molar-refractivity contribution is 7.89. The molecule has 1 atom stereocenters. The van der Waals surface area contributed by atoms with Crippen LogP contribution in [0.2, 0.25) is 0 Å². The summed E-state index contributed by atoms with van der Waals surface area (Å²) in [4.78, 5) is 12.5. The zero-order valence-electron chi connectivity index (χ0n) is 15.1. The summed E-state index contributed by atoms with van der Waals surface area (Å²) in [7, 11) is -1.92. The van der Waals surface area contributed by atoms with Crippen molar-refractivity contribution in [2.24, 2.45) is 7.05 Å². The van der Waals surface area contributed by atoms with Crippen molar-refractivity contribution in [2.45, 2.75) is 30.2 Å². The first-order valence-electron chi connectivity index (χ1n) is 8.61. The number of nitrogens with zero attached hydrogens (tertiary/aromatic N) is 6. The van der Waals surface area contributed by atoms with Crippen LogP contribution in [0.4, 0.5) is 0 Å². The first-order chi connectivity index (χ1) is 12.9. The van der Waals surface area contributed by atoms with E-state index in [-0.39, 0.29) is 11.6 Å². The molecular weight excluding hydrogens is 368 g/mol. The highest BCUT2D eigenvalue weighted by atomic mass is 32.2. The highest BCUT2D eigenvalue weighted by Gasteiger charge is 2.41. The van der Waals surface area contributed by atoms with Crippen molar-refractivity contribution in [3.63, 3.8) is 0 Å². The smallest absolute Gasteiger partial charge is 0.262 e. The molecule has 3 aromatic rings. The van der Waals surface area contributed by atoms with Crippen LogP contribution in [0.3, 0.4) is 0 Å². The molecule has 1 aliphatic rings. The average molecular weight is 388 g/mol. The second kappa shape index (κ2) is 6.54. The molecule has 0 radical (unpaired) electrons. The van der Waals surface area contributed by atoms with Gasteiger partial charge in [-0.3, -0.25) is 4.98 Å². The van der Waals surface area contributed by atoms with Gasteiger partial charge in [0.25, 0.3) is 15.9 Å². The Hall–Kier alpha value is -2.59. The van der Waals surface area contributed by atoms with E-state index in [0.29, 0.717) is 24.7 Å². The topological polar surface area (TPSA) is 107 Å². The van der Waals surface area contributed by atoms with Crippen molar-refractivity contribution < 1.29 is 12.9 Å². The lowest BCUT2D eigenvalue weighted by atomic mass is 9.82. The Morgan fingerprint density at radius 3 is 2.74 bits per heavy atom. The third-order valence-corrected chi connectivity index (χ3v) is 6.57. The van der Waals surface area contributed by atoms with E-state index in [0.717, 1.165) is 12.0 Å². The van der Waals surface area contributed by atoms with Crippen LogP contribution in [-0.2, 0) is 22.5 Å². The summed E-state index contributed by atoms with van der Waals surface area (Å²) < 4.78 is 34.3. The summed E-state index contributed by atoms with van der Waals surface area (Å²) in [6, 6.07) is 3.58. The fraction of sp³-hybridized carbons (Fsp3) is 0.412. The molecule has 1 unspecified atom stereocenters. The van der Waals surface area contributed by atoms with Gasteiger partial charge in [0.2, 0.25) is 0 Å². The minimum atomic E-state index is -3.66. The molecule has 1 fully saturated rings. The van der Waals surface area contributed by atoms with E-state index in [4.69, 9.17) is 4.52 Å². The van der Waals surface area contributed by atoms with Gasteiger partial charge in [-0.15, -0.1) is 0 Å². The minimum absolute atomic E-state index is 0.0554. The normalized spacial score (nSPS) is 21.4. The van der Waals surface area contributed by atoms with Crippen LogP contribution in [0.1, 0.15) is 25.6 Å². The van der Waals surface area contributed by atoms with Gasteiger partial charge < -0.3 is 9.09 Å². The molecule has 1 aliphatic heterocycles. The third kappa shape index (κ3) is 3.26. The number of imidazole rings is 1. The van der Waals surface area contributed by atoms with Gasteiger partial charge in [0, 0.05) is 49.7 Å². The standard InChI is InChI=1S/C17H20N6O3S/c1-17(16-20-15(26-21-16)13-4-7-18-8-5-13)6-3-9-23(11-17)27(24,25)14-10-22(2)12-19-14/h4-5,7-8,10,12H,3,6,9,11H2,1-2H3. The quantitative estimate of drug-likeness (QED) is 0.668. The van der Waals surface area contributed by atoms with Gasteiger partial charge in [-0.05, 0) is 25.0 Å². The van der Waals surface area contributed by atoms with Gasteiger partial charge in [-0.1, -0.05) is 12.1 Å². The van der Waals surface area contributed by atoms with Crippen molar-refractivity contribution in [1.82, 2.24) is 29.0 Å². The van der Waals surface area contributed by atoms with Crippen LogP contribution < -0.4 is 0 Å². The predicted octanol–water partition coefficient (Wildman–Crippen LogP) is 1.61. The predicted molar refractivity (Wildman–Crippen MR) is 96.1 cm³/mol. The second-order valence-electron chi connectivity index (χ2n) is 7.04. The Kier molecular flexibility index (Phi) is 4.31. The van der Waals surface area contributed by atoms with Crippen LogP contribution in [0, 0.1) is 0 Å². The van der Waals surface area contributed by atoms with Crippen LogP contribution >= 0.6 is 0 Å². The number of aromatic nitrogens is 5. The van der Waals surface area contributed by atoms with Crippen LogP contribution in [0.15, 0.2) is 46.6 Å². The molecule has 9 nitrogen and oxygen atoms in total. The monoisotopic (exact) mass is 388 g/mol. The van der Waals surface area contributed by atoms with Crippen LogP contribution in [0.25, 0.3) is 11.5 Å². The molecule has 0 saturated carbocycles. The molecule has 4 rings (SSSR count). The molecule has 27 heavy (non-hydrogen) atoms. The maximum Gasteiger partial charge on any atom is 0.262 e. The van der Waals surface area contributed by atoms with Crippen molar-refractivity contribution in [1.29, 1.82) is 0 Å². The Labute approximate surface area is 157 Å². The Balaban J connectivity index is 1.61. The number of aryl methyl sites for hydroxylation is 1. The fourth-order valence-corrected chi connectivity index (χ4v) is 4.88. The average Bonchev–Trinajstić information content (AvgIpc) is 3.32. The molecule has 4 heterocycles. The zero-order chi connectivity index (χ0) is 19.1. The number of hydrogen-bond acceptors (Lipinski definition) is 7. The lowest BCUT2D eigenvalue weighted by molar-refractivity contribution is 0.225. The van der Waals surface area contributed by atoms with E-state index >= 15 is 0 Å². The Morgan fingerprint density at radius 1 is 1.26 bits per heavy atom. The molecule has 0 aliphatic carbocycles. The summed E-state index contributed by atoms with van der Waals surface area (Å²) >= 11 is 0. The number of pyridine rings is 1. The summed E-state index contributed by atoms with van der Waals surface area (Å²) in [5.41, 5.74) is 0.246. The molecule has 1 saturated heterocycles. The molecule has 10 heteroatoms. The highest BCUT2D eigenvalue weighted by Crippen LogP contribution is 2.35. The van der Waals surface area contributed by atoms with Gasteiger partial charge in [-0.2, -0.15) is 9.29 Å². The van der Waals surface area contributed by atoms with E-state index in [1.165, 1.54) is 16.8 Å². The van der Waals surface area contributed by atoms with E-state index in [2.05, 4.69) is 20.1 Å². The molecule has 142 valence electrons. The van der Waals surface area contributed by atoms with E-state index < -0.39 is 15.4 Å². The molecule has 3 aromatic heterocycles. The number of rotatable bonds is 4. The van der Waals surface area contributed by atoms with Crippen molar-refractivity contribution in [3.05, 3.63) is 42.9 Å². The molecular formula is C17H20N6O3S. The van der Waals surface area contributed by atoms with E-state index in [9.17, 15) is 8.42 Å². The minimum Gasteiger partial charge on any atom is -0.339 e. The Morgan fingerprint density at radius 2 is 2.04 bits per heavy atom. The summed E-state index contributed by atoms with van der Waals surface area (Å²) in [5.74, 6) is 0.911. The largest absolute Gasteiger partial charge is 0.339 e. The van der Waals surface area contributed by atoms with Crippen molar-refractivity contribution in [2.75, 3.05) is 13.1 Å². The van der Waals surface area contributed by atoms with Crippen molar-refractivity contribution in [3.8, 4) is 11.5 Å². The van der Waals surface area contributed by atoms with Gasteiger partial charge in [0.1, 0.15) is 0 Å². The van der Waals surface area contributed by atoms with Crippen LogP contribution in [-0.4, -0.2) is 50.5 Å². The molecule has 0 spiro atoms. The summed E-state index contributed by atoms with van der Waals surface area (Å²) in [5, 5.41) is 4.19. The van der Waals surface area contributed by atoms with E-state index in [1.807, 2.05) is 6.92 Å². The molecule has 0 amide bonds. The van der Waals surface area contributed by atoms with Gasteiger partial charge >= 0.3 is 0 Å². The third-order valence-electron chi connectivity index (χ3n) is 4.84. The maximum atomic E-state index is 12.9. The lowest BCUT2D eigenvalue weighted by Gasteiger charge is -2.37. The molecule has 0 bridgehead atoms. The number of hydrogen-bond donors (Lipinski definition) is 0. The zero-order valence-corrected chi connectivity index (χ0v) is 15.9. The first kappa shape index (κ1) is 17.8. The van der Waals surface area contributed by atoms with Gasteiger partial charge in [0.05, 0.1) is 6.33 Å². The second-order valence-corrected chi connectivity index (χ2v) is 8.92. The van der Waals surface area contributed by atoms with E-state index in [1.54, 1.807) is 36.1 Å². The number of piperidine rings is 1. The Bertz CT molecular complexity index is 1050. The fourth-order valence-electron chi connectivity index (χ4n) is 3.32. The van der Waals surface area contributed by atoms with Crippen molar-refractivity contribution >= 4 is 10.0 Å². The summed E-state index contributed by atoms with van der Waals surface area (Å²) in [6.07, 6.45) is 7.79. The lowest BCUT2D eigenvalue weighted by Crippen LogP contribution is -2.47. The summed E-state index contributed by atoms with van der Waals surface area (Å²) in [6.45, 7) is 2.69. The SMILES string of the molecule is Cn1cnc(S(=O)(=O)N2CCCC(C)(c3noc(-c4ccncc4)n3)C2)c1. The van der Waals surface area contributed by atoms with Gasteiger partial charge in [0.15, 0.2) is 10.9 Å². The van der Waals surface area contributed by atoms with Gasteiger partial charge in [-0.25, -0.2) is 13.4 Å². The van der Waals surface area contributed by atoms with Crippen LogP contribution in [0.5, 0.6) is 0 Å². The maximum absolute atomic E-state index is 12.9. The first-order valence-corrected chi connectivity index (χ1v) is 10.1. The molecule has 0 N–H and O–H groups in total.